The number of rotatable bonds is 3. The van der Waals surface area contributed by atoms with Gasteiger partial charge in [0.15, 0.2) is 0 Å². The Morgan fingerprint density at radius 1 is 1.33 bits per heavy atom. The monoisotopic (exact) mass is 394 g/mol. The van der Waals surface area contributed by atoms with Gasteiger partial charge >= 0.3 is 0 Å². The van der Waals surface area contributed by atoms with E-state index in [9.17, 15) is 0 Å². The Labute approximate surface area is 129 Å². The van der Waals surface area contributed by atoms with Gasteiger partial charge in [-0.15, -0.1) is 0 Å². The van der Waals surface area contributed by atoms with Gasteiger partial charge in [-0.25, -0.2) is 9.97 Å². The Morgan fingerprint density at radius 3 is 2.83 bits per heavy atom. The zero-order chi connectivity index (χ0) is 13.1. The summed E-state index contributed by atoms with van der Waals surface area (Å²) in [5.74, 6) is 0.657. The van der Waals surface area contributed by atoms with Crippen LogP contribution < -0.4 is 4.74 Å². The van der Waals surface area contributed by atoms with E-state index in [1.807, 2.05) is 18.2 Å². The van der Waals surface area contributed by atoms with Gasteiger partial charge in [0.1, 0.15) is 5.75 Å². The van der Waals surface area contributed by atoms with Crippen LogP contribution in [0.15, 0.2) is 24.4 Å². The van der Waals surface area contributed by atoms with E-state index in [4.69, 9.17) is 27.9 Å². The van der Waals surface area contributed by atoms with Crippen LogP contribution in [0.25, 0.3) is 0 Å². The normalized spacial score (nSPS) is 10.4. The van der Waals surface area contributed by atoms with Crippen LogP contribution in [0.1, 0.15) is 11.3 Å². The van der Waals surface area contributed by atoms with E-state index < -0.39 is 0 Å². The molecule has 3 nitrogen and oxygen atoms in total. The molecular formula is C12H9Cl2IN2O. The maximum atomic E-state index is 5.98. The zero-order valence-corrected chi connectivity index (χ0v) is 13.1. The molecule has 0 spiro atoms. The van der Waals surface area contributed by atoms with E-state index in [0.29, 0.717) is 17.2 Å². The lowest BCUT2D eigenvalue weighted by Gasteiger charge is -2.07. The van der Waals surface area contributed by atoms with Gasteiger partial charge in [0.05, 0.1) is 21.4 Å². The van der Waals surface area contributed by atoms with Crippen molar-refractivity contribution in [1.29, 1.82) is 0 Å². The second-order valence-electron chi connectivity index (χ2n) is 3.58. The number of halogens is 3. The molecule has 2 aromatic rings. The zero-order valence-electron chi connectivity index (χ0n) is 9.45. The number of hydrogen-bond acceptors (Lipinski definition) is 3. The highest BCUT2D eigenvalue weighted by atomic mass is 127. The van der Waals surface area contributed by atoms with Gasteiger partial charge in [0, 0.05) is 12.6 Å². The molecule has 0 aliphatic carbocycles. The van der Waals surface area contributed by atoms with Crippen molar-refractivity contribution in [1.82, 2.24) is 9.97 Å². The lowest BCUT2D eigenvalue weighted by molar-refractivity contribution is 0.414. The van der Waals surface area contributed by atoms with Gasteiger partial charge in [-0.05, 0) is 51.9 Å². The summed E-state index contributed by atoms with van der Waals surface area (Å²) in [5.41, 5.74) is 1.95. The Bertz CT molecular complexity index is 578. The second-order valence-corrected chi connectivity index (χ2v) is 5.49. The van der Waals surface area contributed by atoms with Crippen LogP contribution in [0.2, 0.25) is 10.3 Å². The molecule has 18 heavy (non-hydrogen) atoms. The Kier molecular flexibility index (Phi) is 4.64. The highest BCUT2D eigenvalue weighted by Gasteiger charge is 2.07. The molecular weight excluding hydrogens is 386 g/mol. The molecule has 0 aliphatic heterocycles. The molecule has 0 atom stereocenters. The predicted octanol–water partition coefficient (Wildman–Crippen LogP) is 3.99. The fraction of sp³-hybridized carbons (Fsp3) is 0.167. The average molecular weight is 395 g/mol. The summed E-state index contributed by atoms with van der Waals surface area (Å²) in [6.45, 7) is 0. The lowest BCUT2D eigenvalue weighted by Crippen LogP contribution is -1.98. The van der Waals surface area contributed by atoms with Crippen LogP contribution in [0.3, 0.4) is 0 Å². The third-order valence-corrected chi connectivity index (χ3v) is 3.77. The minimum Gasteiger partial charge on any atom is -0.495 e. The first-order valence-corrected chi connectivity index (χ1v) is 6.93. The molecule has 0 fully saturated rings. The first-order chi connectivity index (χ1) is 8.60. The second kappa shape index (κ2) is 6.04. The van der Waals surface area contributed by atoms with E-state index in [1.54, 1.807) is 13.3 Å². The molecule has 0 radical (unpaired) electrons. The van der Waals surface area contributed by atoms with Crippen LogP contribution in [0.5, 0.6) is 5.75 Å². The summed E-state index contributed by atoms with van der Waals surface area (Å²) in [6, 6.07) is 5.65. The number of aromatic nitrogens is 2. The van der Waals surface area contributed by atoms with E-state index in [0.717, 1.165) is 14.8 Å². The summed E-state index contributed by atoms with van der Waals surface area (Å²) in [7, 11) is 1.59. The number of nitrogens with zero attached hydrogens (tertiary/aromatic N) is 2. The molecule has 1 aromatic heterocycles. The number of benzene rings is 1. The van der Waals surface area contributed by atoms with Crippen molar-refractivity contribution in [2.75, 3.05) is 7.11 Å². The van der Waals surface area contributed by atoms with Crippen molar-refractivity contribution in [3.05, 3.63) is 49.5 Å². The van der Waals surface area contributed by atoms with Crippen LogP contribution in [0.4, 0.5) is 0 Å². The molecule has 0 amide bonds. The predicted molar refractivity (Wildman–Crippen MR) is 80.6 cm³/mol. The van der Waals surface area contributed by atoms with Crippen molar-refractivity contribution in [3.63, 3.8) is 0 Å². The summed E-state index contributed by atoms with van der Waals surface area (Å²) >= 11 is 14.0. The summed E-state index contributed by atoms with van der Waals surface area (Å²) in [5, 5.41) is 0.850. The molecule has 0 saturated heterocycles. The van der Waals surface area contributed by atoms with Crippen molar-refractivity contribution in [2.45, 2.75) is 6.42 Å². The minimum absolute atomic E-state index is 0.256. The van der Waals surface area contributed by atoms with Crippen LogP contribution in [-0.2, 0) is 6.42 Å². The standard InChI is InChI=1S/C12H9Cl2IN2O/c1-18-11-5-7(2-3-8(11)13)4-10-9(15)6-16-12(14)17-10/h2-3,5-6H,4H2,1H3. The molecule has 0 saturated carbocycles. The fourth-order valence-corrected chi connectivity index (χ4v) is 2.31. The molecule has 94 valence electrons. The lowest BCUT2D eigenvalue weighted by atomic mass is 10.1. The van der Waals surface area contributed by atoms with E-state index in [-0.39, 0.29) is 5.28 Å². The van der Waals surface area contributed by atoms with E-state index in [1.165, 1.54) is 0 Å². The quantitative estimate of drug-likeness (QED) is 0.583. The highest BCUT2D eigenvalue weighted by molar-refractivity contribution is 14.1. The van der Waals surface area contributed by atoms with Gasteiger partial charge in [-0.3, -0.25) is 0 Å². The summed E-state index contributed by atoms with van der Waals surface area (Å²) < 4.78 is 6.16. The average Bonchev–Trinajstić information content (AvgIpc) is 2.36. The molecule has 0 aliphatic rings. The number of hydrogen-bond donors (Lipinski definition) is 0. The molecule has 1 aromatic carbocycles. The molecule has 0 unspecified atom stereocenters. The first kappa shape index (κ1) is 13.8. The van der Waals surface area contributed by atoms with Crippen molar-refractivity contribution in [2.24, 2.45) is 0 Å². The summed E-state index contributed by atoms with van der Waals surface area (Å²) in [4.78, 5) is 8.15. The minimum atomic E-state index is 0.256. The SMILES string of the molecule is COc1cc(Cc2nc(Cl)ncc2I)ccc1Cl. The number of methoxy groups -OCH3 is 1. The summed E-state index contributed by atoms with van der Waals surface area (Å²) in [6.07, 6.45) is 2.37. The van der Waals surface area contributed by atoms with Crippen LogP contribution in [-0.4, -0.2) is 17.1 Å². The highest BCUT2D eigenvalue weighted by Crippen LogP contribution is 2.26. The van der Waals surface area contributed by atoms with Gasteiger partial charge in [0.25, 0.3) is 0 Å². The largest absolute Gasteiger partial charge is 0.495 e. The van der Waals surface area contributed by atoms with Gasteiger partial charge in [-0.1, -0.05) is 17.7 Å². The van der Waals surface area contributed by atoms with Crippen molar-refractivity contribution in [3.8, 4) is 5.75 Å². The molecule has 0 bridgehead atoms. The van der Waals surface area contributed by atoms with E-state index in [2.05, 4.69) is 32.6 Å². The Hall–Kier alpha value is -0.590. The Balaban J connectivity index is 2.31. The smallest absolute Gasteiger partial charge is 0.222 e. The fourth-order valence-electron chi connectivity index (χ4n) is 1.51. The van der Waals surface area contributed by atoms with Gasteiger partial charge in [0.2, 0.25) is 5.28 Å². The topological polar surface area (TPSA) is 35.0 Å². The maximum absolute atomic E-state index is 5.98. The maximum Gasteiger partial charge on any atom is 0.222 e. The van der Waals surface area contributed by atoms with Crippen molar-refractivity contribution < 1.29 is 4.74 Å². The van der Waals surface area contributed by atoms with Crippen molar-refractivity contribution >= 4 is 45.8 Å². The molecule has 0 N–H and O–H groups in total. The molecule has 2 rings (SSSR count). The third kappa shape index (κ3) is 3.24. The third-order valence-electron chi connectivity index (χ3n) is 2.37. The van der Waals surface area contributed by atoms with Crippen LogP contribution >= 0.6 is 45.8 Å². The Morgan fingerprint density at radius 2 is 2.11 bits per heavy atom. The van der Waals surface area contributed by atoms with Gasteiger partial charge < -0.3 is 4.74 Å². The first-order valence-electron chi connectivity index (χ1n) is 5.09. The van der Waals surface area contributed by atoms with Crippen LogP contribution in [0, 0.1) is 3.57 Å². The van der Waals surface area contributed by atoms with E-state index >= 15 is 0 Å². The number of ether oxygens (including phenoxy) is 1. The molecule has 6 heteroatoms. The van der Waals surface area contributed by atoms with Gasteiger partial charge in [-0.2, -0.15) is 0 Å². The molecule has 1 heterocycles.